The molecule has 3 aliphatic rings. The molecule has 1 N–H and O–H groups in total. The van der Waals surface area contributed by atoms with E-state index in [1.807, 2.05) is 66.7 Å². The molecule has 0 bridgehead atoms. The van der Waals surface area contributed by atoms with E-state index in [-0.39, 0.29) is 51.2 Å². The topological polar surface area (TPSA) is 153 Å². The highest BCUT2D eigenvalue weighted by atomic mass is 16.7. The second-order valence-corrected chi connectivity index (χ2v) is 11.0. The average Bonchev–Trinajstić information content (AvgIpc) is 3.70. The smallest absolute Gasteiger partial charge is 0.407 e. The Morgan fingerprint density at radius 2 is 1.62 bits per heavy atom. The maximum Gasteiger partial charge on any atom is 0.407 e. The summed E-state index contributed by atoms with van der Waals surface area (Å²) >= 11 is 0. The fraction of sp³-hybridized carbons (Fsp3) is 0.257. The van der Waals surface area contributed by atoms with Crippen LogP contribution in [0.2, 0.25) is 0 Å². The standard InChI is InChI=1S/C35H30N4O9/c40-31-15-16-32(41)39(31)48-33(42)22-45-18-17-36-35(44)46-21-23-9-11-25(12-10-23)29-19-27(47-37-29)20-38-30-8-4-2-6-26(30)14-13-24-5-1-3-7-28(24)34(38)43/h1-12,27H,15-22H2,(H,36,44). The fourth-order valence-electron chi connectivity index (χ4n) is 5.22. The fourth-order valence-corrected chi connectivity index (χ4v) is 5.22. The van der Waals surface area contributed by atoms with Gasteiger partial charge >= 0.3 is 12.1 Å². The van der Waals surface area contributed by atoms with Crippen molar-refractivity contribution in [2.45, 2.75) is 32.0 Å². The van der Waals surface area contributed by atoms with Crippen LogP contribution in [0.5, 0.6) is 0 Å². The summed E-state index contributed by atoms with van der Waals surface area (Å²) in [5, 5.41) is 7.24. The van der Waals surface area contributed by atoms with Gasteiger partial charge in [-0.05, 0) is 35.4 Å². The number of hydrogen-bond donors (Lipinski definition) is 1. The number of ether oxygens (including phenoxy) is 2. The number of nitrogens with one attached hydrogen (secondary N) is 1. The normalized spacial score (nSPS) is 16.5. The van der Waals surface area contributed by atoms with Gasteiger partial charge in [0.2, 0.25) is 0 Å². The van der Waals surface area contributed by atoms with Gasteiger partial charge < -0.3 is 29.4 Å². The summed E-state index contributed by atoms with van der Waals surface area (Å²) in [6.07, 6.45) is -0.549. The number of anilines is 1. The quantitative estimate of drug-likeness (QED) is 0.187. The number of rotatable bonds is 11. The molecule has 1 atom stereocenters. The van der Waals surface area contributed by atoms with E-state index in [1.165, 1.54) is 0 Å². The number of para-hydroxylation sites is 1. The number of fused-ring (bicyclic) bond motifs is 2. The van der Waals surface area contributed by atoms with Crippen molar-refractivity contribution < 1.29 is 43.1 Å². The highest BCUT2D eigenvalue weighted by Gasteiger charge is 2.33. The van der Waals surface area contributed by atoms with Gasteiger partial charge in [0.15, 0.2) is 6.10 Å². The van der Waals surface area contributed by atoms with E-state index in [0.29, 0.717) is 22.6 Å². The van der Waals surface area contributed by atoms with Crippen LogP contribution in [0.1, 0.15) is 51.9 Å². The minimum atomic E-state index is -0.898. The minimum Gasteiger partial charge on any atom is -0.445 e. The lowest BCUT2D eigenvalue weighted by Crippen LogP contribution is -2.39. The first-order valence-electron chi connectivity index (χ1n) is 15.2. The second kappa shape index (κ2) is 14.6. The molecule has 0 saturated carbocycles. The van der Waals surface area contributed by atoms with E-state index in [1.54, 1.807) is 11.0 Å². The number of hydrogen-bond acceptors (Lipinski definition) is 10. The predicted molar refractivity (Wildman–Crippen MR) is 169 cm³/mol. The van der Waals surface area contributed by atoms with Crippen LogP contribution >= 0.6 is 0 Å². The Bertz CT molecular complexity index is 1830. The highest BCUT2D eigenvalue weighted by molar-refractivity contribution is 6.09. The van der Waals surface area contributed by atoms with Crippen LogP contribution in [0.25, 0.3) is 0 Å². The molecule has 3 aromatic carbocycles. The molecule has 13 heteroatoms. The van der Waals surface area contributed by atoms with Crippen LogP contribution in [0.3, 0.4) is 0 Å². The number of hydroxylamine groups is 2. The van der Waals surface area contributed by atoms with Gasteiger partial charge in [0.05, 0.1) is 30.1 Å². The highest BCUT2D eigenvalue weighted by Crippen LogP contribution is 2.28. The van der Waals surface area contributed by atoms with E-state index < -0.39 is 30.5 Å². The van der Waals surface area contributed by atoms with Crippen molar-refractivity contribution in [3.05, 3.63) is 101 Å². The van der Waals surface area contributed by atoms with Crippen LogP contribution in [-0.2, 0) is 40.1 Å². The molecule has 6 rings (SSSR count). The zero-order valence-corrected chi connectivity index (χ0v) is 25.7. The van der Waals surface area contributed by atoms with Crippen molar-refractivity contribution in [1.82, 2.24) is 10.4 Å². The number of benzene rings is 3. The first-order valence-corrected chi connectivity index (χ1v) is 15.2. The summed E-state index contributed by atoms with van der Waals surface area (Å²) in [6, 6.07) is 22.2. The van der Waals surface area contributed by atoms with E-state index in [4.69, 9.17) is 14.3 Å². The van der Waals surface area contributed by atoms with Crippen molar-refractivity contribution in [3.8, 4) is 11.8 Å². The van der Waals surface area contributed by atoms with Crippen molar-refractivity contribution in [1.29, 1.82) is 0 Å². The average molecular weight is 651 g/mol. The van der Waals surface area contributed by atoms with E-state index >= 15 is 0 Å². The first kappa shape index (κ1) is 32.0. The predicted octanol–water partition coefficient (Wildman–Crippen LogP) is 3.09. The molecule has 244 valence electrons. The van der Waals surface area contributed by atoms with Crippen LogP contribution in [0.4, 0.5) is 10.5 Å². The number of amides is 4. The molecule has 0 spiro atoms. The number of carbonyl (C=O) groups excluding carboxylic acids is 5. The Hall–Kier alpha value is -6.00. The van der Waals surface area contributed by atoms with E-state index in [0.717, 1.165) is 28.1 Å². The lowest BCUT2D eigenvalue weighted by molar-refractivity contribution is -0.200. The Morgan fingerprint density at radius 1 is 0.917 bits per heavy atom. The zero-order chi connectivity index (χ0) is 33.5. The number of carbonyl (C=O) groups is 5. The molecule has 0 radical (unpaired) electrons. The summed E-state index contributed by atoms with van der Waals surface area (Å²) in [5.74, 6) is 4.11. The number of nitrogens with zero attached hydrogens (tertiary/aromatic N) is 3. The van der Waals surface area contributed by atoms with Crippen LogP contribution in [-0.4, -0.2) is 73.0 Å². The molecular formula is C35H30N4O9. The lowest BCUT2D eigenvalue weighted by atomic mass is 10.0. The van der Waals surface area contributed by atoms with Crippen molar-refractivity contribution in [2.24, 2.45) is 5.16 Å². The van der Waals surface area contributed by atoms with Crippen LogP contribution in [0, 0.1) is 11.8 Å². The molecule has 1 fully saturated rings. The third-order valence-electron chi connectivity index (χ3n) is 7.64. The van der Waals surface area contributed by atoms with Gasteiger partial charge in [-0.25, -0.2) is 9.59 Å². The van der Waals surface area contributed by atoms with Gasteiger partial charge in [0.1, 0.15) is 13.2 Å². The largest absolute Gasteiger partial charge is 0.445 e. The summed E-state index contributed by atoms with van der Waals surface area (Å²) in [5.41, 5.74) is 5.02. The molecule has 48 heavy (non-hydrogen) atoms. The lowest BCUT2D eigenvalue weighted by Gasteiger charge is -2.27. The van der Waals surface area contributed by atoms with Crippen molar-refractivity contribution in [2.75, 3.05) is 31.2 Å². The molecule has 0 aromatic heterocycles. The molecule has 1 unspecified atom stereocenters. The van der Waals surface area contributed by atoms with Crippen molar-refractivity contribution in [3.63, 3.8) is 0 Å². The second-order valence-electron chi connectivity index (χ2n) is 11.0. The first-order chi connectivity index (χ1) is 23.4. The molecular weight excluding hydrogens is 620 g/mol. The molecule has 3 heterocycles. The van der Waals surface area contributed by atoms with Gasteiger partial charge in [0.25, 0.3) is 17.7 Å². The van der Waals surface area contributed by atoms with Gasteiger partial charge in [-0.2, -0.15) is 0 Å². The molecule has 3 aliphatic heterocycles. The van der Waals surface area contributed by atoms with Gasteiger partial charge in [0, 0.05) is 36.9 Å². The molecule has 4 amide bonds. The third kappa shape index (κ3) is 7.51. The number of alkyl carbamates (subject to hydrolysis) is 1. The third-order valence-corrected chi connectivity index (χ3v) is 7.64. The summed E-state index contributed by atoms with van der Waals surface area (Å²) in [6.45, 7) is -0.154. The SMILES string of the molecule is O=C(COCCNC(=O)OCc1ccc(C2=NOC(CN3C(=O)c4ccccc4C#Cc4ccccc43)C2)cc1)ON1C(=O)CCC1=O. The molecule has 0 aliphatic carbocycles. The number of oxime groups is 1. The summed E-state index contributed by atoms with van der Waals surface area (Å²) in [7, 11) is 0. The Labute approximate surface area is 275 Å². The van der Waals surface area contributed by atoms with Crippen molar-refractivity contribution >= 4 is 41.2 Å². The van der Waals surface area contributed by atoms with E-state index in [2.05, 4.69) is 27.2 Å². The molecule has 3 aromatic rings. The molecule has 1 saturated heterocycles. The van der Waals surface area contributed by atoms with Gasteiger partial charge in [-0.1, -0.05) is 65.5 Å². The Morgan fingerprint density at radius 3 is 2.42 bits per heavy atom. The summed E-state index contributed by atoms with van der Waals surface area (Å²) < 4.78 is 10.3. The Balaban J connectivity index is 0.941. The maximum atomic E-state index is 13.7. The monoisotopic (exact) mass is 650 g/mol. The summed E-state index contributed by atoms with van der Waals surface area (Å²) in [4.78, 5) is 72.6. The van der Waals surface area contributed by atoms with Crippen LogP contribution < -0.4 is 10.2 Å². The van der Waals surface area contributed by atoms with Gasteiger partial charge in [-0.15, -0.1) is 5.06 Å². The maximum absolute atomic E-state index is 13.7. The molecule has 13 nitrogen and oxygen atoms in total. The van der Waals surface area contributed by atoms with E-state index in [9.17, 15) is 24.0 Å². The Kier molecular flexibility index (Phi) is 9.73. The zero-order valence-electron chi connectivity index (χ0n) is 25.7. The van der Waals surface area contributed by atoms with Gasteiger partial charge in [-0.3, -0.25) is 14.4 Å². The number of imide groups is 1. The minimum absolute atomic E-state index is 0.000337. The van der Waals surface area contributed by atoms with Crippen LogP contribution in [0.15, 0.2) is 78.0 Å².